The Morgan fingerprint density at radius 1 is 1.07 bits per heavy atom. The van der Waals surface area contributed by atoms with E-state index in [9.17, 15) is 0 Å². The normalized spacial score (nSPS) is 20.0. The van der Waals surface area contributed by atoms with Crippen molar-refractivity contribution in [1.82, 2.24) is 19.7 Å². The third-order valence-corrected chi connectivity index (χ3v) is 5.64. The summed E-state index contributed by atoms with van der Waals surface area (Å²) in [5.74, 6) is 1.29. The van der Waals surface area contributed by atoms with Crippen molar-refractivity contribution in [3.8, 4) is 11.4 Å². The van der Waals surface area contributed by atoms with Gasteiger partial charge in [0.15, 0.2) is 11.5 Å². The average molecular weight is 382 g/mol. The summed E-state index contributed by atoms with van der Waals surface area (Å²) in [6.45, 7) is 16.5. The molecule has 2 bridgehead atoms. The van der Waals surface area contributed by atoms with Gasteiger partial charge in [0.25, 0.3) is 0 Å². The minimum Gasteiger partial charge on any atom is -0.366 e. The highest BCUT2D eigenvalue weighted by molar-refractivity contribution is 5.71. The second-order valence-corrected chi connectivity index (χ2v) is 7.40. The van der Waals surface area contributed by atoms with Crippen molar-refractivity contribution in [2.75, 3.05) is 22.9 Å². The first-order chi connectivity index (χ1) is 14.2. The first-order valence-electron chi connectivity index (χ1n) is 9.40. The van der Waals surface area contributed by atoms with E-state index in [4.69, 9.17) is 18.1 Å². The molecule has 29 heavy (non-hydrogen) atoms. The largest absolute Gasteiger partial charge is 0.366 e. The Morgan fingerprint density at radius 2 is 1.90 bits per heavy atom. The van der Waals surface area contributed by atoms with E-state index in [1.807, 2.05) is 31.4 Å². The summed E-state index contributed by atoms with van der Waals surface area (Å²) in [5, 5.41) is 4.19. The van der Waals surface area contributed by atoms with Gasteiger partial charge in [0.1, 0.15) is 5.82 Å². The monoisotopic (exact) mass is 382 g/mol. The van der Waals surface area contributed by atoms with E-state index >= 15 is 0 Å². The van der Waals surface area contributed by atoms with Gasteiger partial charge in [0.05, 0.1) is 24.9 Å². The summed E-state index contributed by atoms with van der Waals surface area (Å²) in [6.07, 6.45) is 6.24. The Balaban J connectivity index is 1.44. The van der Waals surface area contributed by atoms with E-state index in [2.05, 4.69) is 35.6 Å². The number of anilines is 2. The van der Waals surface area contributed by atoms with E-state index in [1.54, 1.807) is 17.1 Å². The van der Waals surface area contributed by atoms with Gasteiger partial charge < -0.3 is 9.80 Å². The highest BCUT2D eigenvalue weighted by Gasteiger charge is 2.44. The Hall–Kier alpha value is -3.91. The minimum atomic E-state index is 0.286. The Morgan fingerprint density at radius 3 is 2.59 bits per heavy atom. The van der Waals surface area contributed by atoms with Crippen LogP contribution in [-0.2, 0) is 7.05 Å². The van der Waals surface area contributed by atoms with Crippen molar-refractivity contribution in [2.45, 2.75) is 18.5 Å². The molecule has 2 aliphatic heterocycles. The van der Waals surface area contributed by atoms with E-state index in [1.165, 1.54) is 0 Å². The molecule has 0 unspecified atom stereocenters. The topological polar surface area (TPSA) is 58.8 Å². The molecule has 8 heteroatoms. The van der Waals surface area contributed by atoms with Crippen molar-refractivity contribution in [2.24, 2.45) is 7.05 Å². The van der Waals surface area contributed by atoms with Crippen LogP contribution in [0.2, 0.25) is 0 Å². The molecule has 2 atom stereocenters. The molecule has 1 aromatic carbocycles. The van der Waals surface area contributed by atoms with Crippen molar-refractivity contribution >= 4 is 22.9 Å². The van der Waals surface area contributed by atoms with Crippen LogP contribution < -0.4 is 9.80 Å². The molecule has 5 rings (SSSR count). The van der Waals surface area contributed by atoms with Crippen LogP contribution in [-0.4, -0.2) is 44.9 Å². The molecule has 0 spiro atoms. The molecule has 0 aliphatic carbocycles. The van der Waals surface area contributed by atoms with Crippen LogP contribution in [0.5, 0.6) is 0 Å². The zero-order valence-electron chi connectivity index (χ0n) is 15.9. The lowest BCUT2D eigenvalue weighted by Crippen LogP contribution is -2.47. The third-order valence-electron chi connectivity index (χ3n) is 5.64. The van der Waals surface area contributed by atoms with Crippen molar-refractivity contribution in [3.63, 3.8) is 0 Å². The van der Waals surface area contributed by atoms with Gasteiger partial charge in [-0.2, -0.15) is 5.10 Å². The van der Waals surface area contributed by atoms with Crippen LogP contribution in [0.4, 0.5) is 22.9 Å². The molecular weight excluding hydrogens is 364 g/mol. The first kappa shape index (κ1) is 17.2. The summed E-state index contributed by atoms with van der Waals surface area (Å²) in [4.78, 5) is 20.9. The zero-order valence-corrected chi connectivity index (χ0v) is 15.9. The van der Waals surface area contributed by atoms with Crippen LogP contribution in [0.25, 0.3) is 21.1 Å². The number of hydrogen-bond donors (Lipinski definition) is 0. The van der Waals surface area contributed by atoms with Gasteiger partial charge in [0.2, 0.25) is 5.69 Å². The highest BCUT2D eigenvalue weighted by Crippen LogP contribution is 2.40. The number of rotatable bonds is 3. The molecule has 0 radical (unpaired) electrons. The van der Waals surface area contributed by atoms with Gasteiger partial charge in [-0.1, -0.05) is 12.1 Å². The fourth-order valence-corrected chi connectivity index (χ4v) is 4.32. The van der Waals surface area contributed by atoms with E-state index in [0.717, 1.165) is 30.8 Å². The lowest BCUT2D eigenvalue weighted by molar-refractivity contribution is 0.642. The molecule has 0 amide bonds. The molecule has 8 nitrogen and oxygen atoms in total. The molecule has 2 fully saturated rings. The van der Waals surface area contributed by atoms with E-state index in [0.29, 0.717) is 29.1 Å². The Labute approximate surface area is 168 Å². The van der Waals surface area contributed by atoms with Crippen molar-refractivity contribution in [1.29, 1.82) is 0 Å². The summed E-state index contributed by atoms with van der Waals surface area (Å²) in [5.41, 5.74) is 3.07. The standard InChI is InChI=1S/C21H18N8/c1-22-15-5-4-6-16(7-15)28-12-18-8-17(28)13-29(18)21-19(23-2)10-24-20(26-21)14-9-25-27(3)11-14/h4-7,9-11,17-18H,8,12-13H2,3H3/t17-,18-/m0/s1. The van der Waals surface area contributed by atoms with E-state index < -0.39 is 0 Å². The minimum absolute atomic E-state index is 0.286. The molecule has 142 valence electrons. The molecule has 4 heterocycles. The lowest BCUT2D eigenvalue weighted by Gasteiger charge is -2.37. The van der Waals surface area contributed by atoms with Crippen LogP contribution >= 0.6 is 0 Å². The van der Waals surface area contributed by atoms with Gasteiger partial charge in [0, 0.05) is 50.3 Å². The summed E-state index contributed by atoms with van der Waals surface area (Å²) in [7, 11) is 1.86. The van der Waals surface area contributed by atoms with Crippen LogP contribution in [0.1, 0.15) is 6.42 Å². The van der Waals surface area contributed by atoms with Crippen LogP contribution in [0, 0.1) is 13.1 Å². The fourth-order valence-electron chi connectivity index (χ4n) is 4.32. The zero-order chi connectivity index (χ0) is 20.0. The maximum absolute atomic E-state index is 7.54. The number of piperazine rings is 1. The number of nitrogens with zero attached hydrogens (tertiary/aromatic N) is 8. The molecule has 2 aliphatic rings. The molecule has 0 N–H and O–H groups in total. The van der Waals surface area contributed by atoms with Gasteiger partial charge >= 0.3 is 0 Å². The SMILES string of the molecule is [C-]#[N+]c1cccc(N2C[C@@H]3C[C@H]2CN3c2nc(-c3cnn(C)c3)ncc2[N+]#[C-])c1. The number of hydrogen-bond acceptors (Lipinski definition) is 5. The summed E-state index contributed by atoms with van der Waals surface area (Å²) in [6, 6.07) is 8.42. The van der Waals surface area contributed by atoms with Crippen molar-refractivity contribution in [3.05, 3.63) is 65.7 Å². The maximum atomic E-state index is 7.54. The second kappa shape index (κ2) is 6.61. The number of aromatic nitrogens is 4. The number of aryl methyl sites for hydroxylation is 1. The van der Waals surface area contributed by atoms with Crippen LogP contribution in [0.3, 0.4) is 0 Å². The Bertz CT molecular complexity index is 1170. The molecular formula is C21H18N8. The number of benzene rings is 1. The summed E-state index contributed by atoms with van der Waals surface area (Å²) >= 11 is 0. The molecule has 0 saturated carbocycles. The summed E-state index contributed by atoms with van der Waals surface area (Å²) < 4.78 is 1.72. The van der Waals surface area contributed by atoms with E-state index in [-0.39, 0.29) is 6.04 Å². The second-order valence-electron chi connectivity index (χ2n) is 7.40. The number of fused-ring (bicyclic) bond motifs is 2. The quantitative estimate of drug-likeness (QED) is 0.650. The van der Waals surface area contributed by atoms with Crippen molar-refractivity contribution < 1.29 is 0 Å². The molecule has 3 aromatic rings. The Kier molecular flexibility index (Phi) is 3.92. The van der Waals surface area contributed by atoms with Gasteiger partial charge in [-0.15, -0.1) is 0 Å². The van der Waals surface area contributed by atoms with Crippen LogP contribution in [0.15, 0.2) is 42.9 Å². The average Bonchev–Trinajstić information content (AvgIpc) is 3.49. The highest BCUT2D eigenvalue weighted by atomic mass is 15.4. The lowest BCUT2D eigenvalue weighted by atomic mass is 10.2. The third kappa shape index (κ3) is 2.86. The van der Waals surface area contributed by atoms with Gasteiger partial charge in [-0.3, -0.25) is 4.68 Å². The first-order valence-corrected chi connectivity index (χ1v) is 9.40. The smallest absolute Gasteiger partial charge is 0.246 e. The van der Waals surface area contributed by atoms with Gasteiger partial charge in [-0.25, -0.2) is 19.7 Å². The maximum Gasteiger partial charge on any atom is 0.246 e. The fraction of sp³-hybridized carbons (Fsp3) is 0.286. The molecule has 2 aromatic heterocycles. The van der Waals surface area contributed by atoms with Gasteiger partial charge in [-0.05, 0) is 18.6 Å². The molecule has 2 saturated heterocycles. The predicted octanol–water partition coefficient (Wildman–Crippen LogP) is 3.45. The predicted molar refractivity (Wildman–Crippen MR) is 110 cm³/mol.